The summed E-state index contributed by atoms with van der Waals surface area (Å²) in [5.41, 5.74) is 0.466. The van der Waals surface area contributed by atoms with E-state index in [0.717, 1.165) is 23.0 Å². The number of aromatic nitrogens is 1. The van der Waals surface area contributed by atoms with Gasteiger partial charge in [-0.15, -0.1) is 0 Å². The SMILES string of the molecule is CCC(C)(C)N(C)C(=O)c1cnc(NC)c2ccccc12. The largest absolute Gasteiger partial charge is 0.373 e. The first-order chi connectivity index (χ1) is 9.92. The fourth-order valence-electron chi connectivity index (χ4n) is 2.26. The van der Waals surface area contributed by atoms with Crippen molar-refractivity contribution in [2.75, 3.05) is 19.4 Å². The van der Waals surface area contributed by atoms with Crippen LogP contribution in [-0.4, -0.2) is 35.4 Å². The molecule has 0 aliphatic heterocycles. The highest BCUT2D eigenvalue weighted by atomic mass is 16.2. The minimum Gasteiger partial charge on any atom is -0.373 e. The average Bonchev–Trinajstić information content (AvgIpc) is 2.52. The molecule has 0 saturated heterocycles. The maximum absolute atomic E-state index is 12.8. The average molecular weight is 285 g/mol. The van der Waals surface area contributed by atoms with E-state index in [2.05, 4.69) is 31.1 Å². The molecule has 2 aromatic rings. The first kappa shape index (κ1) is 15.3. The van der Waals surface area contributed by atoms with Gasteiger partial charge in [-0.05, 0) is 25.7 Å². The van der Waals surface area contributed by atoms with Gasteiger partial charge in [-0.1, -0.05) is 31.2 Å². The van der Waals surface area contributed by atoms with Crippen LogP contribution >= 0.6 is 0 Å². The Hall–Kier alpha value is -2.10. The third kappa shape index (κ3) is 2.71. The van der Waals surface area contributed by atoms with E-state index in [1.807, 2.05) is 38.4 Å². The molecule has 4 nitrogen and oxygen atoms in total. The molecule has 1 aromatic heterocycles. The van der Waals surface area contributed by atoms with Gasteiger partial charge in [0.05, 0.1) is 5.56 Å². The molecule has 112 valence electrons. The summed E-state index contributed by atoms with van der Waals surface area (Å²) < 4.78 is 0. The minimum absolute atomic E-state index is 0.00760. The van der Waals surface area contributed by atoms with Gasteiger partial charge in [0.15, 0.2) is 0 Å². The number of carbonyl (C=O) groups excluding carboxylic acids is 1. The van der Waals surface area contributed by atoms with Gasteiger partial charge in [-0.25, -0.2) is 4.98 Å². The van der Waals surface area contributed by atoms with Gasteiger partial charge >= 0.3 is 0 Å². The second-order valence-electron chi connectivity index (χ2n) is 5.85. The summed E-state index contributed by atoms with van der Waals surface area (Å²) in [7, 11) is 3.69. The number of nitrogens with zero attached hydrogens (tertiary/aromatic N) is 2. The van der Waals surface area contributed by atoms with E-state index in [9.17, 15) is 4.79 Å². The molecule has 1 N–H and O–H groups in total. The zero-order valence-corrected chi connectivity index (χ0v) is 13.4. The molecule has 0 radical (unpaired) electrons. The zero-order valence-electron chi connectivity index (χ0n) is 13.4. The molecule has 2 rings (SSSR count). The molecule has 1 aromatic carbocycles. The lowest BCUT2D eigenvalue weighted by Gasteiger charge is -2.35. The van der Waals surface area contributed by atoms with Crippen LogP contribution < -0.4 is 5.32 Å². The van der Waals surface area contributed by atoms with Gasteiger partial charge < -0.3 is 10.2 Å². The highest BCUT2D eigenvalue weighted by Gasteiger charge is 2.27. The number of anilines is 1. The summed E-state index contributed by atoms with van der Waals surface area (Å²) in [6.45, 7) is 6.23. The van der Waals surface area contributed by atoms with Crippen LogP contribution in [0.15, 0.2) is 30.5 Å². The highest BCUT2D eigenvalue weighted by Crippen LogP contribution is 2.27. The van der Waals surface area contributed by atoms with Gasteiger partial charge in [0.2, 0.25) is 0 Å². The summed E-state index contributed by atoms with van der Waals surface area (Å²) in [6.07, 6.45) is 2.56. The number of rotatable bonds is 4. The van der Waals surface area contributed by atoms with Gasteiger partial charge in [-0.3, -0.25) is 4.79 Å². The minimum atomic E-state index is -0.181. The fraction of sp³-hybridized carbons (Fsp3) is 0.412. The number of carbonyl (C=O) groups is 1. The molecule has 0 aliphatic rings. The normalized spacial score (nSPS) is 11.5. The van der Waals surface area contributed by atoms with Crippen LogP contribution in [-0.2, 0) is 0 Å². The van der Waals surface area contributed by atoms with Crippen molar-refractivity contribution in [3.63, 3.8) is 0 Å². The molecule has 0 fully saturated rings. The first-order valence-electron chi connectivity index (χ1n) is 7.26. The smallest absolute Gasteiger partial charge is 0.256 e. The number of pyridine rings is 1. The Balaban J connectivity index is 2.55. The quantitative estimate of drug-likeness (QED) is 0.934. The maximum Gasteiger partial charge on any atom is 0.256 e. The van der Waals surface area contributed by atoms with Crippen molar-refractivity contribution < 1.29 is 4.79 Å². The molecule has 0 saturated carbocycles. The maximum atomic E-state index is 12.8. The molecular formula is C17H23N3O. The summed E-state index contributed by atoms with van der Waals surface area (Å²) in [6, 6.07) is 7.86. The molecule has 21 heavy (non-hydrogen) atoms. The van der Waals surface area contributed by atoms with Gasteiger partial charge in [-0.2, -0.15) is 0 Å². The number of fused-ring (bicyclic) bond motifs is 1. The fourth-order valence-corrected chi connectivity index (χ4v) is 2.26. The Morgan fingerprint density at radius 3 is 2.48 bits per heavy atom. The van der Waals surface area contributed by atoms with Crippen molar-refractivity contribution in [2.45, 2.75) is 32.7 Å². The molecule has 0 spiro atoms. The van der Waals surface area contributed by atoms with Gasteiger partial charge in [0, 0.05) is 31.2 Å². The number of benzene rings is 1. The third-order valence-electron chi connectivity index (χ3n) is 4.34. The van der Waals surface area contributed by atoms with Crippen molar-refractivity contribution in [3.05, 3.63) is 36.0 Å². The van der Waals surface area contributed by atoms with E-state index in [1.54, 1.807) is 11.1 Å². The summed E-state index contributed by atoms with van der Waals surface area (Å²) in [5, 5.41) is 4.97. The molecule has 1 heterocycles. The van der Waals surface area contributed by atoms with Gasteiger partial charge in [0.25, 0.3) is 5.91 Å². The monoisotopic (exact) mass is 285 g/mol. The standard InChI is InChI=1S/C17H23N3O/c1-6-17(2,3)20(5)16(21)14-11-19-15(18-4)13-10-8-7-9-12(13)14/h7-11H,6H2,1-5H3,(H,18,19). The zero-order chi connectivity index (χ0) is 15.6. The summed E-state index contributed by atoms with van der Waals surface area (Å²) >= 11 is 0. The van der Waals surface area contributed by atoms with Crippen LogP contribution in [0.1, 0.15) is 37.6 Å². The van der Waals surface area contributed by atoms with Crippen LogP contribution in [0, 0.1) is 0 Å². The van der Waals surface area contributed by atoms with E-state index < -0.39 is 0 Å². The van der Waals surface area contributed by atoms with Crippen LogP contribution in [0.2, 0.25) is 0 Å². The lowest BCUT2D eigenvalue weighted by molar-refractivity contribution is 0.0622. The van der Waals surface area contributed by atoms with Crippen LogP contribution in [0.4, 0.5) is 5.82 Å². The predicted molar refractivity (Wildman–Crippen MR) is 87.8 cm³/mol. The van der Waals surface area contributed by atoms with E-state index >= 15 is 0 Å². The Morgan fingerprint density at radius 2 is 1.90 bits per heavy atom. The number of amides is 1. The molecule has 0 bridgehead atoms. The topological polar surface area (TPSA) is 45.2 Å². The van der Waals surface area contributed by atoms with E-state index in [0.29, 0.717) is 5.56 Å². The van der Waals surface area contributed by atoms with Crippen molar-refractivity contribution in [1.29, 1.82) is 0 Å². The number of hydrogen-bond donors (Lipinski definition) is 1. The predicted octanol–water partition coefficient (Wildman–Crippen LogP) is 3.54. The highest BCUT2D eigenvalue weighted by molar-refractivity contribution is 6.09. The lowest BCUT2D eigenvalue weighted by atomic mass is 9.98. The first-order valence-corrected chi connectivity index (χ1v) is 7.26. The molecule has 0 aliphatic carbocycles. The molecule has 0 atom stereocenters. The summed E-state index contributed by atoms with van der Waals surface area (Å²) in [5.74, 6) is 0.799. The van der Waals surface area contributed by atoms with Crippen LogP contribution in [0.25, 0.3) is 10.8 Å². The van der Waals surface area contributed by atoms with Crippen LogP contribution in [0.3, 0.4) is 0 Å². The van der Waals surface area contributed by atoms with Crippen molar-refractivity contribution in [2.24, 2.45) is 0 Å². The van der Waals surface area contributed by atoms with Crippen LogP contribution in [0.5, 0.6) is 0 Å². The summed E-state index contributed by atoms with van der Waals surface area (Å²) in [4.78, 5) is 19.0. The van der Waals surface area contributed by atoms with Gasteiger partial charge in [0.1, 0.15) is 5.82 Å². The second-order valence-corrected chi connectivity index (χ2v) is 5.85. The number of hydrogen-bond acceptors (Lipinski definition) is 3. The third-order valence-corrected chi connectivity index (χ3v) is 4.34. The number of nitrogens with one attached hydrogen (secondary N) is 1. The molecular weight excluding hydrogens is 262 g/mol. The second kappa shape index (κ2) is 5.72. The Bertz CT molecular complexity index is 664. The van der Waals surface area contributed by atoms with Crippen molar-refractivity contribution in [3.8, 4) is 0 Å². The molecule has 4 heteroatoms. The molecule has 0 unspecified atom stereocenters. The van der Waals surface area contributed by atoms with E-state index in [-0.39, 0.29) is 11.4 Å². The molecule has 1 amide bonds. The van der Waals surface area contributed by atoms with Crippen molar-refractivity contribution in [1.82, 2.24) is 9.88 Å². The van der Waals surface area contributed by atoms with E-state index in [4.69, 9.17) is 0 Å². The van der Waals surface area contributed by atoms with E-state index in [1.165, 1.54) is 0 Å². The lowest BCUT2D eigenvalue weighted by Crippen LogP contribution is -2.44. The Kier molecular flexibility index (Phi) is 4.16. The van der Waals surface area contributed by atoms with Crippen molar-refractivity contribution >= 4 is 22.5 Å². The Labute approximate surface area is 126 Å². The Morgan fingerprint density at radius 1 is 1.29 bits per heavy atom.